The van der Waals surface area contributed by atoms with Crippen molar-refractivity contribution in [3.8, 4) is 0 Å². The van der Waals surface area contributed by atoms with Crippen LogP contribution in [0.3, 0.4) is 0 Å². The van der Waals surface area contributed by atoms with E-state index in [-0.39, 0.29) is 5.54 Å². The van der Waals surface area contributed by atoms with Gasteiger partial charge in [0.05, 0.1) is 54.0 Å². The van der Waals surface area contributed by atoms with E-state index in [0.29, 0.717) is 31.1 Å². The van der Waals surface area contributed by atoms with E-state index in [1.165, 1.54) is 24.0 Å². The normalized spacial score (nSPS) is 26.4. The van der Waals surface area contributed by atoms with Crippen LogP contribution >= 0.6 is 0 Å². The second-order valence-electron chi connectivity index (χ2n) is 10.6. The number of anilines is 2. The third-order valence-electron chi connectivity index (χ3n) is 8.20. The van der Waals surface area contributed by atoms with Crippen LogP contribution in [0.25, 0.3) is 10.9 Å². The van der Waals surface area contributed by atoms with Gasteiger partial charge in [0.2, 0.25) is 5.95 Å². The zero-order valence-electron chi connectivity index (χ0n) is 20.3. The van der Waals surface area contributed by atoms with Gasteiger partial charge in [-0.25, -0.2) is 9.97 Å². The summed E-state index contributed by atoms with van der Waals surface area (Å²) in [6.07, 6.45) is 7.95. The van der Waals surface area contributed by atoms with E-state index >= 15 is 0 Å². The number of aryl methyl sites for hydroxylation is 1. The summed E-state index contributed by atoms with van der Waals surface area (Å²) in [5.74, 6) is 1.10. The van der Waals surface area contributed by atoms with Crippen LogP contribution in [0.2, 0.25) is 0 Å². The van der Waals surface area contributed by atoms with Crippen LogP contribution in [0.1, 0.15) is 61.4 Å². The number of piperidine rings is 1. The van der Waals surface area contributed by atoms with E-state index in [4.69, 9.17) is 9.72 Å². The van der Waals surface area contributed by atoms with Gasteiger partial charge in [0.1, 0.15) is 0 Å². The summed E-state index contributed by atoms with van der Waals surface area (Å²) in [7, 11) is 0. The molecule has 8 heteroatoms. The van der Waals surface area contributed by atoms with E-state index in [1.807, 2.05) is 12.4 Å². The molecule has 0 radical (unpaired) electrons. The van der Waals surface area contributed by atoms with Gasteiger partial charge < -0.3 is 15.2 Å². The smallest absolute Gasteiger partial charge is 0.227 e. The van der Waals surface area contributed by atoms with Crippen LogP contribution in [-0.4, -0.2) is 67.7 Å². The number of aromatic nitrogens is 4. The van der Waals surface area contributed by atoms with Crippen LogP contribution in [-0.2, 0) is 4.74 Å². The Kier molecular flexibility index (Phi) is 5.35. The van der Waals surface area contributed by atoms with Crippen molar-refractivity contribution < 1.29 is 9.84 Å². The van der Waals surface area contributed by atoms with Crippen LogP contribution in [0, 0.1) is 13.8 Å². The quantitative estimate of drug-likeness (QED) is 0.595. The summed E-state index contributed by atoms with van der Waals surface area (Å²) in [5.41, 5.74) is 5.49. The zero-order chi connectivity index (χ0) is 23.4. The third kappa shape index (κ3) is 3.78. The van der Waals surface area contributed by atoms with E-state index in [9.17, 15) is 5.11 Å². The second kappa shape index (κ2) is 8.29. The van der Waals surface area contributed by atoms with E-state index in [1.54, 1.807) is 0 Å². The molecule has 2 atom stereocenters. The van der Waals surface area contributed by atoms with Gasteiger partial charge in [-0.2, -0.15) is 5.10 Å². The van der Waals surface area contributed by atoms with Crippen LogP contribution in [0.4, 0.5) is 11.6 Å². The van der Waals surface area contributed by atoms with Gasteiger partial charge >= 0.3 is 0 Å². The zero-order valence-corrected chi connectivity index (χ0v) is 20.3. The van der Waals surface area contributed by atoms with Crippen molar-refractivity contribution in [2.24, 2.45) is 0 Å². The highest BCUT2D eigenvalue weighted by Gasteiger charge is 2.45. The van der Waals surface area contributed by atoms with Gasteiger partial charge in [-0.15, -0.1) is 0 Å². The van der Waals surface area contributed by atoms with Gasteiger partial charge in [0.25, 0.3) is 0 Å². The van der Waals surface area contributed by atoms with E-state index < -0.39 is 6.10 Å². The maximum Gasteiger partial charge on any atom is 0.227 e. The first-order chi connectivity index (χ1) is 16.4. The first kappa shape index (κ1) is 21.9. The fourth-order valence-electron chi connectivity index (χ4n) is 5.72. The summed E-state index contributed by atoms with van der Waals surface area (Å²) in [6, 6.07) is 5.03. The fraction of sp³-hybridized carbons (Fsp3) is 0.577. The largest absolute Gasteiger partial charge is 0.389 e. The number of benzene rings is 1. The number of nitrogens with zero attached hydrogens (tertiary/aromatic N) is 5. The minimum Gasteiger partial charge on any atom is -0.389 e. The molecular formula is C26H34N6O2. The minimum atomic E-state index is -0.408. The second-order valence-corrected chi connectivity index (χ2v) is 10.6. The Morgan fingerprint density at radius 3 is 2.62 bits per heavy atom. The molecule has 180 valence electrons. The Hall–Kier alpha value is -2.55. The Bertz CT molecular complexity index is 1210. The summed E-state index contributed by atoms with van der Waals surface area (Å²) < 4.78 is 7.67. The molecule has 1 aromatic carbocycles. The van der Waals surface area contributed by atoms with E-state index in [2.05, 4.69) is 57.9 Å². The summed E-state index contributed by atoms with van der Waals surface area (Å²) in [4.78, 5) is 11.8. The molecule has 2 aliphatic heterocycles. The molecule has 8 nitrogen and oxygen atoms in total. The SMILES string of the molecule is Cc1cc2cnc(Nc3cnn(C4CC4)c3C)nc2cc1C1CCN([C@]2(C)COC[C@@H]2O)CC1. The Balaban J connectivity index is 1.21. The van der Waals surface area contributed by atoms with Crippen molar-refractivity contribution in [1.29, 1.82) is 0 Å². The van der Waals surface area contributed by atoms with Crippen LogP contribution in [0.5, 0.6) is 0 Å². The molecule has 0 amide bonds. The standard InChI is InChI=1S/C26H34N6O2/c1-16-10-19-12-27-25(30-23-13-28-32(17(23)2)20-4-5-20)29-22(19)11-21(16)18-6-8-31(9-7-18)26(3)15-34-14-24(26)33/h10-13,18,20,24,33H,4-9,14-15H2,1-3H3,(H,27,29,30)/t24-,26+/m0/s1. The number of nitrogens with one attached hydrogen (secondary N) is 1. The summed E-state index contributed by atoms with van der Waals surface area (Å²) in [6.45, 7) is 9.42. The molecule has 3 aromatic rings. The molecule has 2 aromatic heterocycles. The topological polar surface area (TPSA) is 88.3 Å². The number of aliphatic hydroxyl groups is 1. The van der Waals surface area contributed by atoms with Crippen molar-refractivity contribution in [2.75, 3.05) is 31.6 Å². The molecule has 3 fully saturated rings. The predicted octanol–water partition coefficient (Wildman–Crippen LogP) is 3.85. The minimum absolute atomic E-state index is 0.261. The van der Waals surface area contributed by atoms with Crippen molar-refractivity contribution in [3.63, 3.8) is 0 Å². The lowest BCUT2D eigenvalue weighted by Crippen LogP contribution is -2.56. The van der Waals surface area contributed by atoms with Crippen LogP contribution < -0.4 is 5.32 Å². The maximum atomic E-state index is 10.4. The molecule has 2 saturated heterocycles. The molecule has 0 spiro atoms. The van der Waals surface area contributed by atoms with Crippen LogP contribution in [0.15, 0.2) is 24.5 Å². The molecule has 4 heterocycles. The van der Waals surface area contributed by atoms with Gasteiger partial charge in [-0.05, 0) is 88.7 Å². The average Bonchev–Trinajstić information content (AvgIpc) is 3.54. The number of likely N-dealkylation sites (tertiary alicyclic amines) is 1. The lowest BCUT2D eigenvalue weighted by Gasteiger charge is -2.43. The fourth-order valence-corrected chi connectivity index (χ4v) is 5.72. The number of fused-ring (bicyclic) bond motifs is 1. The molecule has 34 heavy (non-hydrogen) atoms. The third-order valence-corrected chi connectivity index (χ3v) is 8.20. The average molecular weight is 463 g/mol. The van der Waals surface area contributed by atoms with Crippen molar-refractivity contribution in [3.05, 3.63) is 41.3 Å². The number of hydrogen-bond donors (Lipinski definition) is 2. The molecule has 3 aliphatic rings. The first-order valence-electron chi connectivity index (χ1n) is 12.5. The molecule has 6 rings (SSSR count). The molecule has 0 bridgehead atoms. The lowest BCUT2D eigenvalue weighted by molar-refractivity contribution is -0.00214. The number of ether oxygens (including phenoxy) is 1. The summed E-state index contributed by atoms with van der Waals surface area (Å²) >= 11 is 0. The number of rotatable bonds is 5. The van der Waals surface area contributed by atoms with E-state index in [0.717, 1.165) is 48.2 Å². The predicted molar refractivity (Wildman–Crippen MR) is 132 cm³/mol. The number of aliphatic hydroxyl groups excluding tert-OH is 1. The van der Waals surface area contributed by atoms with Crippen molar-refractivity contribution in [1.82, 2.24) is 24.6 Å². The van der Waals surface area contributed by atoms with Gasteiger partial charge in [0, 0.05) is 11.6 Å². The van der Waals surface area contributed by atoms with Gasteiger partial charge in [-0.3, -0.25) is 9.58 Å². The Morgan fingerprint density at radius 2 is 1.91 bits per heavy atom. The maximum absolute atomic E-state index is 10.4. The highest BCUT2D eigenvalue weighted by atomic mass is 16.5. The van der Waals surface area contributed by atoms with Crippen molar-refractivity contribution >= 4 is 22.5 Å². The molecule has 1 aliphatic carbocycles. The van der Waals surface area contributed by atoms with Gasteiger partial charge in [-0.1, -0.05) is 0 Å². The number of hydrogen-bond acceptors (Lipinski definition) is 7. The summed E-state index contributed by atoms with van der Waals surface area (Å²) in [5, 5.41) is 19.4. The molecule has 2 N–H and O–H groups in total. The van der Waals surface area contributed by atoms with Gasteiger partial charge in [0.15, 0.2) is 0 Å². The molecular weight excluding hydrogens is 428 g/mol. The first-order valence-corrected chi connectivity index (χ1v) is 12.5. The van der Waals surface area contributed by atoms with Crippen molar-refractivity contribution in [2.45, 2.75) is 70.1 Å². The monoisotopic (exact) mass is 462 g/mol. The molecule has 0 unspecified atom stereocenters. The Morgan fingerprint density at radius 1 is 1.12 bits per heavy atom. The molecule has 1 saturated carbocycles. The highest BCUT2D eigenvalue weighted by Crippen LogP contribution is 2.38. The lowest BCUT2D eigenvalue weighted by atomic mass is 9.84. The highest BCUT2D eigenvalue weighted by molar-refractivity contribution is 5.81. The Labute approximate surface area is 200 Å².